The lowest BCUT2D eigenvalue weighted by Crippen LogP contribution is -2.48. The molecule has 37 heavy (non-hydrogen) atoms. The number of alkyl halides is 3. The number of carbonyl (C=O) groups is 1. The minimum Gasteiger partial charge on any atom is -0.469 e. The van der Waals surface area contributed by atoms with E-state index in [0.717, 1.165) is 36.5 Å². The number of nitrogens with zero attached hydrogens (tertiary/aromatic N) is 4. The molecule has 3 heterocycles. The van der Waals surface area contributed by atoms with Gasteiger partial charge in [-0.25, -0.2) is 0 Å². The first-order valence-electron chi connectivity index (χ1n) is 12.0. The largest absolute Gasteiger partial charge is 0.469 e. The van der Waals surface area contributed by atoms with Gasteiger partial charge in [-0.1, -0.05) is 29.4 Å². The highest BCUT2D eigenvalue weighted by molar-refractivity contribution is 5.76. The molecule has 0 unspecified atom stereocenters. The zero-order valence-electron chi connectivity index (χ0n) is 19.9. The van der Waals surface area contributed by atoms with Crippen molar-refractivity contribution >= 4 is 5.91 Å². The molecule has 2 aromatic heterocycles. The summed E-state index contributed by atoms with van der Waals surface area (Å²) in [5.41, 5.74) is 1.19. The molecule has 0 radical (unpaired) electrons. The van der Waals surface area contributed by atoms with Gasteiger partial charge in [0.1, 0.15) is 5.76 Å². The molecule has 0 N–H and O–H groups in total. The van der Waals surface area contributed by atoms with Gasteiger partial charge >= 0.3 is 6.18 Å². The second-order valence-corrected chi connectivity index (χ2v) is 8.94. The molecular weight excluding hydrogens is 485 g/mol. The van der Waals surface area contributed by atoms with Gasteiger partial charge in [-0.2, -0.15) is 18.2 Å². The van der Waals surface area contributed by atoms with Crippen LogP contribution in [0.25, 0.3) is 22.8 Å². The van der Waals surface area contributed by atoms with E-state index in [2.05, 4.69) is 15.0 Å². The maximum Gasteiger partial charge on any atom is 0.416 e. The Morgan fingerprint density at radius 2 is 1.73 bits per heavy atom. The molecule has 1 amide bonds. The van der Waals surface area contributed by atoms with Crippen LogP contribution in [0, 0.1) is 0 Å². The molecule has 0 atom stereocenters. The van der Waals surface area contributed by atoms with Crippen LogP contribution in [-0.4, -0.2) is 52.0 Å². The number of piperazine rings is 1. The van der Waals surface area contributed by atoms with Crippen molar-refractivity contribution in [1.29, 1.82) is 0 Å². The SMILES string of the molecule is O=C(CCc1ccco1)N1CCN(Cc2cccc(-c3noc(-c4cccc(C(F)(F)F)c4)n3)c2)CC1. The quantitative estimate of drug-likeness (QED) is 0.336. The standard InChI is InChI=1S/C27H25F3N4O3/c28-27(29,30)22-7-2-6-21(17-22)26-31-25(32-37-26)20-5-1-4-19(16-20)18-33-11-13-34(14-12-33)24(35)10-9-23-8-3-15-36-23/h1-8,15-17H,9-14,18H2. The monoisotopic (exact) mass is 510 g/mol. The average Bonchev–Trinajstić information content (AvgIpc) is 3.60. The third-order valence-electron chi connectivity index (χ3n) is 6.34. The minimum absolute atomic E-state index is 0.0272. The number of benzene rings is 2. The lowest BCUT2D eigenvalue weighted by molar-refractivity contribution is -0.137. The fourth-order valence-electron chi connectivity index (χ4n) is 4.35. The first-order valence-corrected chi connectivity index (χ1v) is 12.0. The maximum absolute atomic E-state index is 13.0. The number of hydrogen-bond donors (Lipinski definition) is 0. The van der Waals surface area contributed by atoms with E-state index in [-0.39, 0.29) is 17.4 Å². The second-order valence-electron chi connectivity index (χ2n) is 8.94. The zero-order valence-corrected chi connectivity index (χ0v) is 19.9. The molecule has 4 aromatic rings. The van der Waals surface area contributed by atoms with Crippen molar-refractivity contribution in [3.63, 3.8) is 0 Å². The number of amides is 1. The predicted octanol–water partition coefficient (Wildman–Crippen LogP) is 5.29. The molecule has 0 saturated carbocycles. The van der Waals surface area contributed by atoms with Gasteiger partial charge in [0.05, 0.1) is 11.8 Å². The van der Waals surface area contributed by atoms with Crippen LogP contribution >= 0.6 is 0 Å². The highest BCUT2D eigenvalue weighted by atomic mass is 19.4. The van der Waals surface area contributed by atoms with Crippen LogP contribution in [0.3, 0.4) is 0 Å². The summed E-state index contributed by atoms with van der Waals surface area (Å²) in [5, 5.41) is 3.98. The number of rotatable bonds is 7. The van der Waals surface area contributed by atoms with Gasteiger partial charge < -0.3 is 13.8 Å². The summed E-state index contributed by atoms with van der Waals surface area (Å²) in [6, 6.07) is 16.2. The van der Waals surface area contributed by atoms with Crippen molar-refractivity contribution in [3.8, 4) is 22.8 Å². The molecule has 7 nitrogen and oxygen atoms in total. The Hall–Kier alpha value is -3.92. The average molecular weight is 511 g/mol. The fraction of sp³-hybridized carbons (Fsp3) is 0.296. The van der Waals surface area contributed by atoms with E-state index in [1.807, 2.05) is 41.3 Å². The summed E-state index contributed by atoms with van der Waals surface area (Å²) in [6.07, 6.45) is -1.80. The number of hydrogen-bond acceptors (Lipinski definition) is 6. The first-order chi connectivity index (χ1) is 17.8. The number of aryl methyl sites for hydroxylation is 1. The Bertz CT molecular complexity index is 1340. The highest BCUT2D eigenvalue weighted by Gasteiger charge is 2.31. The Balaban J connectivity index is 1.18. The predicted molar refractivity (Wildman–Crippen MR) is 129 cm³/mol. The van der Waals surface area contributed by atoms with Crippen molar-refractivity contribution in [3.05, 3.63) is 83.8 Å². The van der Waals surface area contributed by atoms with Gasteiger partial charge in [0.25, 0.3) is 5.89 Å². The Morgan fingerprint density at radius 1 is 0.946 bits per heavy atom. The summed E-state index contributed by atoms with van der Waals surface area (Å²) < 4.78 is 49.7. The van der Waals surface area contributed by atoms with E-state index < -0.39 is 11.7 Å². The highest BCUT2D eigenvalue weighted by Crippen LogP contribution is 2.32. The number of furan rings is 1. The van der Waals surface area contributed by atoms with Crippen LogP contribution in [0.5, 0.6) is 0 Å². The van der Waals surface area contributed by atoms with Gasteiger partial charge in [0.2, 0.25) is 11.7 Å². The van der Waals surface area contributed by atoms with Crippen molar-refractivity contribution in [1.82, 2.24) is 19.9 Å². The lowest BCUT2D eigenvalue weighted by atomic mass is 10.1. The van der Waals surface area contributed by atoms with E-state index in [1.54, 1.807) is 6.26 Å². The zero-order chi connectivity index (χ0) is 25.8. The molecule has 2 aromatic carbocycles. The molecule has 1 saturated heterocycles. The van der Waals surface area contributed by atoms with Gasteiger partial charge in [-0.05, 0) is 42.0 Å². The van der Waals surface area contributed by atoms with Crippen molar-refractivity contribution in [2.45, 2.75) is 25.6 Å². The lowest BCUT2D eigenvalue weighted by Gasteiger charge is -2.34. The number of aromatic nitrogens is 2. The van der Waals surface area contributed by atoms with Crippen molar-refractivity contribution < 1.29 is 26.9 Å². The first kappa shape index (κ1) is 24.8. The number of halogens is 3. The summed E-state index contributed by atoms with van der Waals surface area (Å²) in [4.78, 5) is 21.0. The van der Waals surface area contributed by atoms with Crippen LogP contribution in [-0.2, 0) is 23.9 Å². The summed E-state index contributed by atoms with van der Waals surface area (Å²) >= 11 is 0. The van der Waals surface area contributed by atoms with Crippen LogP contribution < -0.4 is 0 Å². The van der Waals surface area contributed by atoms with Gasteiger partial charge in [-0.15, -0.1) is 0 Å². The normalized spacial score (nSPS) is 14.7. The van der Waals surface area contributed by atoms with Gasteiger partial charge in [-0.3, -0.25) is 9.69 Å². The molecule has 192 valence electrons. The number of carbonyl (C=O) groups excluding carboxylic acids is 1. The molecule has 1 aliphatic rings. The van der Waals surface area contributed by atoms with E-state index >= 15 is 0 Å². The topological polar surface area (TPSA) is 75.6 Å². The Morgan fingerprint density at radius 3 is 2.49 bits per heavy atom. The molecular formula is C27H25F3N4O3. The van der Waals surface area contributed by atoms with E-state index in [4.69, 9.17) is 8.94 Å². The Kier molecular flexibility index (Phi) is 7.09. The van der Waals surface area contributed by atoms with Crippen LogP contribution in [0.2, 0.25) is 0 Å². The molecule has 0 aliphatic carbocycles. The van der Waals surface area contributed by atoms with Crippen LogP contribution in [0.4, 0.5) is 13.2 Å². The van der Waals surface area contributed by atoms with E-state index in [0.29, 0.717) is 43.9 Å². The van der Waals surface area contributed by atoms with Crippen LogP contribution in [0.1, 0.15) is 23.3 Å². The fourth-order valence-corrected chi connectivity index (χ4v) is 4.35. The molecule has 0 spiro atoms. The van der Waals surface area contributed by atoms with Crippen LogP contribution in [0.15, 0.2) is 75.9 Å². The molecule has 1 aliphatic heterocycles. The third kappa shape index (κ3) is 6.08. The van der Waals surface area contributed by atoms with Crippen molar-refractivity contribution in [2.75, 3.05) is 26.2 Å². The summed E-state index contributed by atoms with van der Waals surface area (Å²) in [6.45, 7) is 3.56. The summed E-state index contributed by atoms with van der Waals surface area (Å²) in [7, 11) is 0. The van der Waals surface area contributed by atoms with Gasteiger partial charge in [0, 0.05) is 56.7 Å². The second kappa shape index (κ2) is 10.6. The molecule has 5 rings (SSSR count). The molecule has 1 fully saturated rings. The summed E-state index contributed by atoms with van der Waals surface area (Å²) in [5.74, 6) is 1.28. The Labute approximate surface area is 211 Å². The van der Waals surface area contributed by atoms with Crippen molar-refractivity contribution in [2.24, 2.45) is 0 Å². The smallest absolute Gasteiger partial charge is 0.416 e. The maximum atomic E-state index is 13.0. The van der Waals surface area contributed by atoms with E-state index in [1.165, 1.54) is 12.1 Å². The molecule has 10 heteroatoms. The third-order valence-corrected chi connectivity index (χ3v) is 6.34. The van der Waals surface area contributed by atoms with E-state index in [9.17, 15) is 18.0 Å². The van der Waals surface area contributed by atoms with Gasteiger partial charge in [0.15, 0.2) is 0 Å². The minimum atomic E-state index is -4.45. The molecule has 0 bridgehead atoms.